The van der Waals surface area contributed by atoms with Crippen molar-refractivity contribution in [3.63, 3.8) is 0 Å². The lowest BCUT2D eigenvalue weighted by Crippen LogP contribution is -2.02. The van der Waals surface area contributed by atoms with Crippen molar-refractivity contribution in [1.82, 2.24) is 4.98 Å². The van der Waals surface area contributed by atoms with E-state index in [2.05, 4.69) is 17.2 Å². The normalized spacial score (nSPS) is 9.43. The lowest BCUT2D eigenvalue weighted by molar-refractivity contribution is 0.742. The fraction of sp³-hybridized carbons (Fsp3) is 0.455. The second-order valence-electron chi connectivity index (χ2n) is 3.18. The summed E-state index contributed by atoms with van der Waals surface area (Å²) in [5.41, 5.74) is 0.601. The zero-order chi connectivity index (χ0) is 10.2. The molecule has 1 heterocycles. The second-order valence-corrected chi connectivity index (χ2v) is 3.18. The Morgan fingerprint density at radius 1 is 1.43 bits per heavy atom. The maximum atomic E-state index is 8.56. The van der Waals surface area contributed by atoms with Crippen LogP contribution >= 0.6 is 0 Å². The van der Waals surface area contributed by atoms with Crippen LogP contribution in [-0.2, 0) is 0 Å². The van der Waals surface area contributed by atoms with Crippen molar-refractivity contribution in [3.8, 4) is 6.07 Å². The van der Waals surface area contributed by atoms with Gasteiger partial charge in [-0.1, -0.05) is 19.8 Å². The molecule has 0 aromatic carbocycles. The summed E-state index contributed by atoms with van der Waals surface area (Å²) in [4.78, 5) is 4.11. The van der Waals surface area contributed by atoms with Crippen molar-refractivity contribution in [3.05, 3.63) is 23.9 Å². The van der Waals surface area contributed by atoms with Crippen molar-refractivity contribution in [2.24, 2.45) is 0 Å². The van der Waals surface area contributed by atoms with E-state index in [-0.39, 0.29) is 0 Å². The Bertz CT molecular complexity index is 297. The van der Waals surface area contributed by atoms with E-state index in [0.29, 0.717) is 5.56 Å². The topological polar surface area (TPSA) is 48.7 Å². The van der Waals surface area contributed by atoms with Gasteiger partial charge in [-0.05, 0) is 18.6 Å². The minimum absolute atomic E-state index is 0.601. The van der Waals surface area contributed by atoms with Gasteiger partial charge in [-0.25, -0.2) is 4.98 Å². The number of nitriles is 1. The van der Waals surface area contributed by atoms with Gasteiger partial charge in [-0.3, -0.25) is 0 Å². The molecule has 1 rings (SSSR count). The molecule has 0 saturated heterocycles. The van der Waals surface area contributed by atoms with E-state index in [4.69, 9.17) is 5.26 Å². The van der Waals surface area contributed by atoms with Crippen LogP contribution in [0.15, 0.2) is 18.3 Å². The molecule has 3 heteroatoms. The molecule has 0 fully saturated rings. The van der Waals surface area contributed by atoms with Crippen LogP contribution in [0.1, 0.15) is 31.7 Å². The van der Waals surface area contributed by atoms with Crippen LogP contribution in [0, 0.1) is 11.3 Å². The number of unbranched alkanes of at least 4 members (excludes halogenated alkanes) is 2. The molecule has 0 radical (unpaired) electrons. The molecular weight excluding hydrogens is 174 g/mol. The highest BCUT2D eigenvalue weighted by Gasteiger charge is 1.93. The summed E-state index contributed by atoms with van der Waals surface area (Å²) in [6, 6.07) is 5.65. The predicted molar refractivity (Wildman–Crippen MR) is 57.0 cm³/mol. The number of nitrogens with one attached hydrogen (secondary N) is 1. The summed E-state index contributed by atoms with van der Waals surface area (Å²) in [5.74, 6) is 0.847. The maximum absolute atomic E-state index is 8.56. The van der Waals surface area contributed by atoms with Gasteiger partial charge in [-0.2, -0.15) is 5.26 Å². The van der Waals surface area contributed by atoms with E-state index in [1.54, 1.807) is 12.3 Å². The van der Waals surface area contributed by atoms with E-state index in [1.165, 1.54) is 12.8 Å². The molecule has 0 aliphatic carbocycles. The smallest absolute Gasteiger partial charge is 0.125 e. The van der Waals surface area contributed by atoms with Gasteiger partial charge in [0.1, 0.15) is 11.9 Å². The van der Waals surface area contributed by atoms with Gasteiger partial charge in [-0.15, -0.1) is 0 Å². The zero-order valence-electron chi connectivity index (χ0n) is 8.45. The average Bonchev–Trinajstić information content (AvgIpc) is 2.25. The van der Waals surface area contributed by atoms with E-state index < -0.39 is 0 Å². The van der Waals surface area contributed by atoms with Crippen LogP contribution in [-0.4, -0.2) is 11.5 Å². The van der Waals surface area contributed by atoms with Gasteiger partial charge in [0.15, 0.2) is 0 Å². The van der Waals surface area contributed by atoms with Gasteiger partial charge in [0, 0.05) is 12.7 Å². The summed E-state index contributed by atoms with van der Waals surface area (Å²) in [7, 11) is 0. The van der Waals surface area contributed by atoms with Crippen molar-refractivity contribution in [2.75, 3.05) is 11.9 Å². The molecule has 1 N–H and O–H groups in total. The fourth-order valence-corrected chi connectivity index (χ4v) is 1.16. The summed E-state index contributed by atoms with van der Waals surface area (Å²) < 4.78 is 0. The third kappa shape index (κ3) is 3.44. The molecule has 1 aromatic rings. The molecule has 0 saturated carbocycles. The SMILES string of the molecule is CCCCCNc1ccc(C#N)cn1. The molecule has 0 atom stereocenters. The molecular formula is C11H15N3. The van der Waals surface area contributed by atoms with Crippen molar-refractivity contribution in [2.45, 2.75) is 26.2 Å². The van der Waals surface area contributed by atoms with Crippen LogP contribution in [0.2, 0.25) is 0 Å². The van der Waals surface area contributed by atoms with Crippen molar-refractivity contribution >= 4 is 5.82 Å². The Labute approximate surface area is 84.8 Å². The van der Waals surface area contributed by atoms with Crippen LogP contribution in [0.3, 0.4) is 0 Å². The first-order chi connectivity index (χ1) is 6.86. The first-order valence-electron chi connectivity index (χ1n) is 4.97. The average molecular weight is 189 g/mol. The van der Waals surface area contributed by atoms with Crippen LogP contribution < -0.4 is 5.32 Å². The summed E-state index contributed by atoms with van der Waals surface area (Å²) >= 11 is 0. The predicted octanol–water partition coefficient (Wildman–Crippen LogP) is 2.56. The summed E-state index contributed by atoms with van der Waals surface area (Å²) in [6.07, 6.45) is 5.21. The monoisotopic (exact) mass is 189 g/mol. The number of aromatic nitrogens is 1. The molecule has 0 spiro atoms. The number of hydrogen-bond acceptors (Lipinski definition) is 3. The van der Waals surface area contributed by atoms with E-state index in [9.17, 15) is 0 Å². The molecule has 0 amide bonds. The van der Waals surface area contributed by atoms with Gasteiger partial charge in [0.05, 0.1) is 5.56 Å². The first kappa shape index (κ1) is 10.5. The lowest BCUT2D eigenvalue weighted by Gasteiger charge is -2.03. The van der Waals surface area contributed by atoms with Gasteiger partial charge in [0.25, 0.3) is 0 Å². The van der Waals surface area contributed by atoms with Crippen LogP contribution in [0.4, 0.5) is 5.82 Å². The number of nitrogens with zero attached hydrogens (tertiary/aromatic N) is 2. The van der Waals surface area contributed by atoms with Gasteiger partial charge in [0.2, 0.25) is 0 Å². The Morgan fingerprint density at radius 3 is 2.86 bits per heavy atom. The largest absolute Gasteiger partial charge is 0.370 e. The molecule has 0 aliphatic heterocycles. The molecule has 14 heavy (non-hydrogen) atoms. The van der Waals surface area contributed by atoms with Crippen LogP contribution in [0.25, 0.3) is 0 Å². The molecule has 0 aliphatic rings. The highest BCUT2D eigenvalue weighted by Crippen LogP contribution is 2.04. The Kier molecular flexibility index (Phi) is 4.49. The standard InChI is InChI=1S/C11H15N3/c1-2-3-4-7-13-11-6-5-10(8-12)9-14-11/h5-6,9H,2-4,7H2,1H3,(H,13,14). The Balaban J connectivity index is 2.33. The van der Waals surface area contributed by atoms with Gasteiger partial charge >= 0.3 is 0 Å². The Hall–Kier alpha value is -1.56. The minimum Gasteiger partial charge on any atom is -0.370 e. The number of hydrogen-bond donors (Lipinski definition) is 1. The Morgan fingerprint density at radius 2 is 2.29 bits per heavy atom. The number of anilines is 1. The van der Waals surface area contributed by atoms with Crippen molar-refractivity contribution in [1.29, 1.82) is 5.26 Å². The summed E-state index contributed by atoms with van der Waals surface area (Å²) in [6.45, 7) is 3.13. The minimum atomic E-state index is 0.601. The van der Waals surface area contributed by atoms with E-state index in [0.717, 1.165) is 18.8 Å². The highest BCUT2D eigenvalue weighted by molar-refractivity contribution is 5.38. The number of rotatable bonds is 5. The maximum Gasteiger partial charge on any atom is 0.125 e. The first-order valence-corrected chi connectivity index (χ1v) is 4.97. The molecule has 1 aromatic heterocycles. The third-order valence-electron chi connectivity index (χ3n) is 1.98. The van der Waals surface area contributed by atoms with Crippen molar-refractivity contribution < 1.29 is 0 Å². The molecule has 74 valence electrons. The van der Waals surface area contributed by atoms with Gasteiger partial charge < -0.3 is 5.32 Å². The molecule has 0 bridgehead atoms. The van der Waals surface area contributed by atoms with E-state index >= 15 is 0 Å². The second kappa shape index (κ2) is 5.98. The lowest BCUT2D eigenvalue weighted by atomic mass is 10.2. The number of pyridine rings is 1. The fourth-order valence-electron chi connectivity index (χ4n) is 1.16. The quantitative estimate of drug-likeness (QED) is 0.724. The highest BCUT2D eigenvalue weighted by atomic mass is 15.0. The van der Waals surface area contributed by atoms with E-state index in [1.807, 2.05) is 12.1 Å². The zero-order valence-corrected chi connectivity index (χ0v) is 8.45. The molecule has 3 nitrogen and oxygen atoms in total. The van der Waals surface area contributed by atoms with Crippen LogP contribution in [0.5, 0.6) is 0 Å². The summed E-state index contributed by atoms with van der Waals surface area (Å²) in [5, 5.41) is 11.8. The third-order valence-corrected chi connectivity index (χ3v) is 1.98. The molecule has 0 unspecified atom stereocenters.